The first kappa shape index (κ1) is 18.3. The second-order valence-electron chi connectivity index (χ2n) is 5.59. The van der Waals surface area contributed by atoms with Gasteiger partial charge in [-0.15, -0.1) is 0 Å². The van der Waals surface area contributed by atoms with Crippen LogP contribution in [0.5, 0.6) is 0 Å². The third kappa shape index (κ3) is 3.57. The van der Waals surface area contributed by atoms with Gasteiger partial charge in [0, 0.05) is 24.7 Å². The molecule has 24 heavy (non-hydrogen) atoms. The summed E-state index contributed by atoms with van der Waals surface area (Å²) in [5, 5.41) is 11.0. The molecule has 1 heterocycles. The fraction of sp³-hybridized carbons (Fsp3) is 0.533. The number of piperidine rings is 1. The van der Waals surface area contributed by atoms with E-state index in [9.17, 15) is 23.3 Å². The Morgan fingerprint density at radius 2 is 2.00 bits per heavy atom. The first-order valence-corrected chi connectivity index (χ1v) is 9.13. The number of benzene rings is 1. The van der Waals surface area contributed by atoms with Crippen LogP contribution in [0.25, 0.3) is 0 Å². The zero-order valence-electron chi connectivity index (χ0n) is 13.6. The maximum atomic E-state index is 12.8. The van der Waals surface area contributed by atoms with Crippen LogP contribution in [0.15, 0.2) is 23.1 Å². The molecule has 8 nitrogen and oxygen atoms in total. The number of carbonyl (C=O) groups excluding carboxylic acids is 1. The Kier molecular flexibility index (Phi) is 5.55. The van der Waals surface area contributed by atoms with Crippen molar-refractivity contribution in [2.75, 3.05) is 19.7 Å². The van der Waals surface area contributed by atoms with Gasteiger partial charge < -0.3 is 4.74 Å². The number of ether oxygens (including phenoxy) is 1. The van der Waals surface area contributed by atoms with E-state index in [-0.39, 0.29) is 41.1 Å². The molecule has 1 aliphatic rings. The highest BCUT2D eigenvalue weighted by Crippen LogP contribution is 2.30. The number of sulfonamides is 1. The van der Waals surface area contributed by atoms with Gasteiger partial charge in [-0.1, -0.05) is 6.07 Å². The van der Waals surface area contributed by atoms with Gasteiger partial charge in [-0.3, -0.25) is 14.9 Å². The smallest absolute Gasteiger partial charge is 0.309 e. The number of hydrogen-bond acceptors (Lipinski definition) is 6. The molecule has 0 N–H and O–H groups in total. The molecule has 1 saturated heterocycles. The molecular weight excluding hydrogens is 336 g/mol. The van der Waals surface area contributed by atoms with Gasteiger partial charge in [0.1, 0.15) is 0 Å². The lowest BCUT2D eigenvalue weighted by molar-refractivity contribution is -0.385. The average molecular weight is 356 g/mol. The summed E-state index contributed by atoms with van der Waals surface area (Å²) < 4.78 is 31.8. The predicted molar refractivity (Wildman–Crippen MR) is 85.9 cm³/mol. The van der Waals surface area contributed by atoms with Gasteiger partial charge in [0.15, 0.2) is 0 Å². The molecule has 0 aliphatic carbocycles. The van der Waals surface area contributed by atoms with E-state index in [4.69, 9.17) is 4.74 Å². The number of nitro groups is 1. The highest BCUT2D eigenvalue weighted by Gasteiger charge is 2.34. The highest BCUT2D eigenvalue weighted by molar-refractivity contribution is 7.89. The summed E-state index contributed by atoms with van der Waals surface area (Å²) in [5.74, 6) is -0.608. The van der Waals surface area contributed by atoms with Crippen LogP contribution >= 0.6 is 0 Å². The number of nitro benzene ring substituents is 1. The summed E-state index contributed by atoms with van der Waals surface area (Å²) in [6.45, 7) is 3.82. The molecule has 1 aromatic rings. The minimum atomic E-state index is -3.83. The Hall–Kier alpha value is -2.00. The van der Waals surface area contributed by atoms with Gasteiger partial charge in [-0.25, -0.2) is 8.42 Å². The number of carbonyl (C=O) groups is 1. The predicted octanol–water partition coefficient (Wildman–Crippen LogP) is 1.87. The van der Waals surface area contributed by atoms with Crippen LogP contribution in [0, 0.1) is 23.0 Å². The standard InChI is InChI=1S/C15H20N2O6S/c1-3-23-15(18)12-7-9-16(10-8-12)24(21,22)14-6-4-5-13(11(14)2)17(19)20/h4-6,12H,3,7-10H2,1-2H3. The van der Waals surface area contributed by atoms with Gasteiger partial charge in [-0.05, 0) is 32.8 Å². The van der Waals surface area contributed by atoms with Crippen molar-refractivity contribution in [1.82, 2.24) is 4.31 Å². The average Bonchev–Trinajstić information content (AvgIpc) is 2.55. The fourth-order valence-corrected chi connectivity index (χ4v) is 4.52. The summed E-state index contributed by atoms with van der Waals surface area (Å²) in [7, 11) is -3.83. The SMILES string of the molecule is CCOC(=O)C1CCN(S(=O)(=O)c2cccc([N+](=O)[O-])c2C)CC1. The highest BCUT2D eigenvalue weighted by atomic mass is 32.2. The largest absolute Gasteiger partial charge is 0.466 e. The molecule has 0 atom stereocenters. The third-order valence-corrected chi connectivity index (χ3v) is 6.19. The Labute approximate surface area is 140 Å². The maximum absolute atomic E-state index is 12.8. The van der Waals surface area contributed by atoms with E-state index >= 15 is 0 Å². The van der Waals surface area contributed by atoms with Gasteiger partial charge in [0.05, 0.1) is 22.3 Å². The van der Waals surface area contributed by atoms with E-state index in [1.807, 2.05) is 0 Å². The quantitative estimate of drug-likeness (QED) is 0.453. The molecule has 0 saturated carbocycles. The lowest BCUT2D eigenvalue weighted by Crippen LogP contribution is -2.40. The number of esters is 1. The third-order valence-electron chi connectivity index (χ3n) is 4.14. The van der Waals surface area contributed by atoms with Gasteiger partial charge in [0.25, 0.3) is 5.69 Å². The van der Waals surface area contributed by atoms with Crippen molar-refractivity contribution in [3.8, 4) is 0 Å². The lowest BCUT2D eigenvalue weighted by atomic mass is 9.98. The molecule has 132 valence electrons. The minimum absolute atomic E-state index is 0.0636. The first-order chi connectivity index (χ1) is 11.3. The van der Waals surface area contributed by atoms with Gasteiger partial charge >= 0.3 is 5.97 Å². The second-order valence-corrected chi connectivity index (χ2v) is 7.49. The first-order valence-electron chi connectivity index (χ1n) is 7.69. The zero-order chi connectivity index (χ0) is 17.9. The molecule has 0 bridgehead atoms. The second kappa shape index (κ2) is 7.27. The van der Waals surface area contributed by atoms with Crippen molar-refractivity contribution >= 4 is 21.7 Å². The maximum Gasteiger partial charge on any atom is 0.309 e. The van der Waals surface area contributed by atoms with Crippen LogP contribution in [-0.2, 0) is 19.6 Å². The number of rotatable bonds is 5. The fourth-order valence-electron chi connectivity index (χ4n) is 2.81. The Bertz CT molecular complexity index is 738. The lowest BCUT2D eigenvalue weighted by Gasteiger charge is -2.30. The summed E-state index contributed by atoms with van der Waals surface area (Å²) in [4.78, 5) is 22.1. The summed E-state index contributed by atoms with van der Waals surface area (Å²) in [5.41, 5.74) is -0.104. The van der Waals surface area contributed by atoms with Gasteiger partial charge in [-0.2, -0.15) is 4.31 Å². The van der Waals surface area contributed by atoms with E-state index in [2.05, 4.69) is 0 Å². The van der Waals surface area contributed by atoms with E-state index in [1.54, 1.807) is 6.92 Å². The van der Waals surface area contributed by atoms with Crippen LogP contribution in [0.4, 0.5) is 5.69 Å². The number of nitrogens with zero attached hydrogens (tertiary/aromatic N) is 2. The molecule has 0 radical (unpaired) electrons. The van der Waals surface area contributed by atoms with Crippen molar-refractivity contribution in [1.29, 1.82) is 0 Å². The molecule has 2 rings (SSSR count). The van der Waals surface area contributed by atoms with E-state index in [0.29, 0.717) is 19.4 Å². The molecule has 0 amide bonds. The molecular formula is C15H20N2O6S. The molecule has 1 fully saturated rings. The van der Waals surface area contributed by atoms with E-state index in [1.165, 1.54) is 29.4 Å². The normalized spacial score (nSPS) is 16.8. The van der Waals surface area contributed by atoms with Gasteiger partial charge in [0.2, 0.25) is 10.0 Å². The van der Waals surface area contributed by atoms with Crippen molar-refractivity contribution in [3.05, 3.63) is 33.9 Å². The van der Waals surface area contributed by atoms with Crippen molar-refractivity contribution in [2.24, 2.45) is 5.92 Å². The van der Waals surface area contributed by atoms with E-state index in [0.717, 1.165) is 0 Å². The summed E-state index contributed by atoms with van der Waals surface area (Å²) in [6, 6.07) is 4.01. The molecule has 9 heteroatoms. The van der Waals surface area contributed by atoms with Crippen LogP contribution in [-0.4, -0.2) is 43.3 Å². The monoisotopic (exact) mass is 356 g/mol. The Balaban J connectivity index is 2.20. The van der Waals surface area contributed by atoms with Crippen LogP contribution in [0.1, 0.15) is 25.3 Å². The van der Waals surface area contributed by atoms with Crippen LogP contribution in [0.3, 0.4) is 0 Å². The number of hydrogen-bond donors (Lipinski definition) is 0. The van der Waals surface area contributed by atoms with Crippen molar-refractivity contribution in [3.63, 3.8) is 0 Å². The molecule has 0 unspecified atom stereocenters. The summed E-state index contributed by atoms with van der Waals surface area (Å²) in [6.07, 6.45) is 0.762. The molecule has 0 spiro atoms. The minimum Gasteiger partial charge on any atom is -0.466 e. The van der Waals surface area contributed by atoms with Crippen molar-refractivity contribution in [2.45, 2.75) is 31.6 Å². The Morgan fingerprint density at radius 1 is 1.38 bits per heavy atom. The van der Waals surface area contributed by atoms with Crippen LogP contribution < -0.4 is 0 Å². The van der Waals surface area contributed by atoms with Crippen LogP contribution in [0.2, 0.25) is 0 Å². The topological polar surface area (TPSA) is 107 Å². The van der Waals surface area contributed by atoms with E-state index < -0.39 is 14.9 Å². The summed E-state index contributed by atoms with van der Waals surface area (Å²) >= 11 is 0. The molecule has 1 aliphatic heterocycles. The van der Waals surface area contributed by atoms with Crippen molar-refractivity contribution < 1.29 is 22.9 Å². The Morgan fingerprint density at radius 3 is 2.54 bits per heavy atom. The molecule has 1 aromatic carbocycles. The zero-order valence-corrected chi connectivity index (χ0v) is 14.4. The molecule has 0 aromatic heterocycles.